The van der Waals surface area contributed by atoms with E-state index in [2.05, 4.69) is 5.32 Å². The van der Waals surface area contributed by atoms with Crippen molar-refractivity contribution in [3.05, 3.63) is 34.9 Å². The van der Waals surface area contributed by atoms with Crippen molar-refractivity contribution in [1.82, 2.24) is 10.2 Å². The third kappa shape index (κ3) is 2.31. The number of hydrogen-bond donors (Lipinski definition) is 2. The van der Waals surface area contributed by atoms with Gasteiger partial charge in [-0.2, -0.15) is 0 Å². The summed E-state index contributed by atoms with van der Waals surface area (Å²) in [7, 11) is 0. The SMILES string of the molecule is CCN1C(=O)C2C(c3cc(C)ccc3C)NC(C(=O)O)(C(C)C)C2C1=O. The minimum atomic E-state index is -1.46. The molecule has 0 aliphatic carbocycles. The molecule has 2 fully saturated rings. The maximum absolute atomic E-state index is 13.0. The van der Waals surface area contributed by atoms with Crippen molar-refractivity contribution in [3.63, 3.8) is 0 Å². The van der Waals surface area contributed by atoms with Crippen LogP contribution < -0.4 is 5.32 Å². The number of aliphatic carboxylic acids is 1. The van der Waals surface area contributed by atoms with Gasteiger partial charge in [0.25, 0.3) is 0 Å². The first kappa shape index (κ1) is 18.6. The first-order valence-electron chi connectivity index (χ1n) is 9.10. The minimum Gasteiger partial charge on any atom is -0.480 e. The van der Waals surface area contributed by atoms with Gasteiger partial charge in [0.1, 0.15) is 5.54 Å². The molecule has 2 N–H and O–H groups in total. The molecule has 4 unspecified atom stereocenters. The molecule has 0 spiro atoms. The summed E-state index contributed by atoms with van der Waals surface area (Å²) in [6.45, 7) is 9.49. The Hall–Kier alpha value is -2.21. The molecule has 140 valence electrons. The lowest BCUT2D eigenvalue weighted by atomic mass is 9.73. The Balaban J connectivity index is 2.22. The number of carboxylic acid groups (broad SMARTS) is 1. The Morgan fingerprint density at radius 2 is 1.92 bits per heavy atom. The molecule has 2 heterocycles. The van der Waals surface area contributed by atoms with Gasteiger partial charge in [-0.25, -0.2) is 0 Å². The molecule has 1 aromatic carbocycles. The Bertz CT molecular complexity index is 788. The molecule has 6 nitrogen and oxygen atoms in total. The van der Waals surface area contributed by atoms with E-state index in [0.717, 1.165) is 16.7 Å². The fourth-order valence-corrected chi connectivity index (χ4v) is 4.65. The van der Waals surface area contributed by atoms with Crippen molar-refractivity contribution in [2.24, 2.45) is 17.8 Å². The highest BCUT2D eigenvalue weighted by molar-refractivity contribution is 6.09. The summed E-state index contributed by atoms with van der Waals surface area (Å²) in [5.41, 5.74) is 1.45. The zero-order valence-electron chi connectivity index (χ0n) is 15.9. The summed E-state index contributed by atoms with van der Waals surface area (Å²) >= 11 is 0. The number of amides is 2. The second-order valence-corrected chi connectivity index (χ2v) is 7.74. The van der Waals surface area contributed by atoms with Crippen molar-refractivity contribution >= 4 is 17.8 Å². The van der Waals surface area contributed by atoms with Crippen molar-refractivity contribution in [3.8, 4) is 0 Å². The molecule has 0 saturated carbocycles. The number of hydrogen-bond acceptors (Lipinski definition) is 4. The fraction of sp³-hybridized carbons (Fsp3) is 0.550. The van der Waals surface area contributed by atoms with E-state index in [-0.39, 0.29) is 24.3 Å². The van der Waals surface area contributed by atoms with E-state index in [0.29, 0.717) is 0 Å². The second kappa shape index (κ2) is 6.20. The number of nitrogens with one attached hydrogen (secondary N) is 1. The fourth-order valence-electron chi connectivity index (χ4n) is 4.65. The number of nitrogens with zero attached hydrogens (tertiary/aromatic N) is 1. The van der Waals surface area contributed by atoms with Gasteiger partial charge in [-0.15, -0.1) is 0 Å². The first-order valence-corrected chi connectivity index (χ1v) is 9.10. The van der Waals surface area contributed by atoms with Crippen LogP contribution in [0.3, 0.4) is 0 Å². The highest BCUT2D eigenvalue weighted by Crippen LogP contribution is 2.51. The molecule has 1 aromatic rings. The van der Waals surface area contributed by atoms with Crippen LogP contribution in [0, 0.1) is 31.6 Å². The number of likely N-dealkylation sites (tertiary alicyclic amines) is 1. The molecular formula is C20H26N2O4. The van der Waals surface area contributed by atoms with Crippen LogP contribution in [0.5, 0.6) is 0 Å². The quantitative estimate of drug-likeness (QED) is 0.805. The predicted molar refractivity (Wildman–Crippen MR) is 96.4 cm³/mol. The topological polar surface area (TPSA) is 86.7 Å². The number of carbonyl (C=O) groups is 3. The van der Waals surface area contributed by atoms with Crippen LogP contribution in [-0.2, 0) is 14.4 Å². The molecular weight excluding hydrogens is 332 g/mol. The second-order valence-electron chi connectivity index (χ2n) is 7.74. The molecule has 0 bridgehead atoms. The number of rotatable bonds is 4. The van der Waals surface area contributed by atoms with E-state index in [1.807, 2.05) is 32.0 Å². The van der Waals surface area contributed by atoms with Gasteiger partial charge in [0.15, 0.2) is 0 Å². The van der Waals surface area contributed by atoms with Gasteiger partial charge in [-0.1, -0.05) is 37.6 Å². The van der Waals surface area contributed by atoms with Gasteiger partial charge in [0.2, 0.25) is 11.8 Å². The van der Waals surface area contributed by atoms with E-state index < -0.39 is 29.4 Å². The summed E-state index contributed by atoms with van der Waals surface area (Å²) < 4.78 is 0. The van der Waals surface area contributed by atoms with Gasteiger partial charge >= 0.3 is 5.97 Å². The molecule has 3 rings (SSSR count). The van der Waals surface area contributed by atoms with Crippen molar-refractivity contribution < 1.29 is 19.5 Å². The van der Waals surface area contributed by atoms with Crippen molar-refractivity contribution in [1.29, 1.82) is 0 Å². The van der Waals surface area contributed by atoms with Crippen LogP contribution in [0.1, 0.15) is 43.5 Å². The van der Waals surface area contributed by atoms with Gasteiger partial charge < -0.3 is 5.11 Å². The molecule has 2 amide bonds. The smallest absolute Gasteiger partial charge is 0.325 e. The van der Waals surface area contributed by atoms with E-state index >= 15 is 0 Å². The number of carboxylic acids is 1. The van der Waals surface area contributed by atoms with E-state index in [1.165, 1.54) is 4.90 Å². The van der Waals surface area contributed by atoms with E-state index in [9.17, 15) is 19.5 Å². The molecule has 0 aromatic heterocycles. The average Bonchev–Trinajstić information content (AvgIpc) is 3.05. The third-order valence-corrected chi connectivity index (χ3v) is 6.04. The maximum atomic E-state index is 13.0. The molecule has 0 radical (unpaired) electrons. The van der Waals surface area contributed by atoms with Crippen molar-refractivity contribution in [2.45, 2.75) is 46.2 Å². The van der Waals surface area contributed by atoms with Crippen LogP contribution in [-0.4, -0.2) is 39.9 Å². The summed E-state index contributed by atoms with van der Waals surface area (Å²) in [6, 6.07) is 5.44. The largest absolute Gasteiger partial charge is 0.480 e. The molecule has 2 aliphatic heterocycles. The Kier molecular flexibility index (Phi) is 4.43. The van der Waals surface area contributed by atoms with E-state index in [4.69, 9.17) is 0 Å². The zero-order chi connectivity index (χ0) is 19.4. The number of carbonyl (C=O) groups excluding carboxylic acids is 2. The molecule has 4 atom stereocenters. The molecule has 2 aliphatic rings. The summed E-state index contributed by atoms with van der Waals surface area (Å²) in [6.07, 6.45) is 0. The number of imide groups is 1. The Morgan fingerprint density at radius 1 is 1.27 bits per heavy atom. The number of fused-ring (bicyclic) bond motifs is 1. The molecule has 26 heavy (non-hydrogen) atoms. The third-order valence-electron chi connectivity index (χ3n) is 6.04. The van der Waals surface area contributed by atoms with Crippen LogP contribution in [0.15, 0.2) is 18.2 Å². The maximum Gasteiger partial charge on any atom is 0.325 e. The van der Waals surface area contributed by atoms with Gasteiger partial charge in [0, 0.05) is 12.6 Å². The Morgan fingerprint density at radius 3 is 2.46 bits per heavy atom. The predicted octanol–water partition coefficient (Wildman–Crippen LogP) is 2.05. The van der Waals surface area contributed by atoms with E-state index in [1.54, 1.807) is 20.8 Å². The summed E-state index contributed by atoms with van der Waals surface area (Å²) in [4.78, 5) is 39.6. The van der Waals surface area contributed by atoms with Crippen LogP contribution >= 0.6 is 0 Å². The lowest BCUT2D eigenvalue weighted by Gasteiger charge is -2.34. The zero-order valence-corrected chi connectivity index (χ0v) is 15.9. The highest BCUT2D eigenvalue weighted by Gasteiger charge is 2.69. The van der Waals surface area contributed by atoms with Crippen LogP contribution in [0.2, 0.25) is 0 Å². The highest BCUT2D eigenvalue weighted by atomic mass is 16.4. The van der Waals surface area contributed by atoms with Crippen LogP contribution in [0.4, 0.5) is 0 Å². The average molecular weight is 358 g/mol. The monoisotopic (exact) mass is 358 g/mol. The lowest BCUT2D eigenvalue weighted by Crippen LogP contribution is -2.59. The first-order chi connectivity index (χ1) is 12.2. The summed E-state index contributed by atoms with van der Waals surface area (Å²) in [5.74, 6) is -3.66. The summed E-state index contributed by atoms with van der Waals surface area (Å²) in [5, 5.41) is 13.3. The van der Waals surface area contributed by atoms with Crippen LogP contribution in [0.25, 0.3) is 0 Å². The lowest BCUT2D eigenvalue weighted by molar-refractivity contribution is -0.153. The number of benzene rings is 1. The molecule has 2 saturated heterocycles. The standard InChI is InChI=1S/C20H26N2O4/c1-6-22-17(23)14-15(18(22)24)20(10(2)3,19(25)26)21-16(14)13-9-11(4)7-8-12(13)5/h7-10,14-16,21H,6H2,1-5H3,(H,25,26). The molecule has 6 heteroatoms. The Labute approximate surface area is 153 Å². The van der Waals surface area contributed by atoms with Gasteiger partial charge in [-0.3, -0.25) is 24.6 Å². The minimum absolute atomic E-state index is 0.262. The normalized spacial score (nSPS) is 31.0. The van der Waals surface area contributed by atoms with Crippen molar-refractivity contribution in [2.75, 3.05) is 6.54 Å². The van der Waals surface area contributed by atoms with Gasteiger partial charge in [0.05, 0.1) is 11.8 Å². The van der Waals surface area contributed by atoms with Gasteiger partial charge in [-0.05, 0) is 37.8 Å². The number of aryl methyl sites for hydroxylation is 2.